The zero-order chi connectivity index (χ0) is 22.7. The predicted molar refractivity (Wildman–Crippen MR) is 128 cm³/mol. The van der Waals surface area contributed by atoms with Gasteiger partial charge in [-0.1, -0.05) is 12.8 Å². The van der Waals surface area contributed by atoms with Gasteiger partial charge in [-0.15, -0.1) is 0 Å². The summed E-state index contributed by atoms with van der Waals surface area (Å²) in [5.74, 6) is 0.503. The minimum Gasteiger partial charge on any atom is -0.379 e. The van der Waals surface area contributed by atoms with Crippen LogP contribution in [0.5, 0.6) is 0 Å². The van der Waals surface area contributed by atoms with E-state index in [0.717, 1.165) is 70.6 Å². The fourth-order valence-electron chi connectivity index (χ4n) is 4.35. The number of morpholine rings is 1. The van der Waals surface area contributed by atoms with Crippen LogP contribution in [-0.4, -0.2) is 86.3 Å². The molecular weight excluding hydrogens is 428 g/mol. The van der Waals surface area contributed by atoms with Crippen LogP contribution in [0.3, 0.4) is 0 Å². The summed E-state index contributed by atoms with van der Waals surface area (Å²) in [6.07, 6.45) is 9.71. The van der Waals surface area contributed by atoms with Crippen molar-refractivity contribution in [3.05, 3.63) is 24.5 Å². The number of anilines is 1. The van der Waals surface area contributed by atoms with Crippen molar-refractivity contribution in [2.75, 3.05) is 57.0 Å². The van der Waals surface area contributed by atoms with E-state index in [4.69, 9.17) is 10.5 Å². The highest BCUT2D eigenvalue weighted by Crippen LogP contribution is 2.26. The van der Waals surface area contributed by atoms with Crippen LogP contribution in [-0.2, 0) is 14.8 Å². The molecule has 0 aromatic carbocycles. The second-order valence-electron chi connectivity index (χ2n) is 8.51. The molecule has 0 radical (unpaired) electrons. The highest BCUT2D eigenvalue weighted by atomic mass is 32.2. The highest BCUT2D eigenvalue weighted by molar-refractivity contribution is 7.89. The lowest BCUT2D eigenvalue weighted by Crippen LogP contribution is -2.43. The topological polar surface area (TPSA) is 113 Å². The van der Waals surface area contributed by atoms with Crippen LogP contribution in [0.1, 0.15) is 44.9 Å². The lowest BCUT2D eigenvalue weighted by atomic mass is 10.2. The van der Waals surface area contributed by atoms with Gasteiger partial charge in [0.15, 0.2) is 5.96 Å². The monoisotopic (exact) mass is 466 g/mol. The quantitative estimate of drug-likeness (QED) is 0.275. The van der Waals surface area contributed by atoms with E-state index in [1.165, 1.54) is 0 Å². The lowest BCUT2D eigenvalue weighted by Gasteiger charge is -2.30. The molecule has 180 valence electrons. The summed E-state index contributed by atoms with van der Waals surface area (Å²) in [5.41, 5.74) is 6.73. The van der Waals surface area contributed by atoms with E-state index >= 15 is 0 Å². The zero-order valence-electron chi connectivity index (χ0n) is 19.0. The number of nitrogens with zero attached hydrogens (tertiary/aromatic N) is 4. The van der Waals surface area contributed by atoms with E-state index in [1.54, 1.807) is 12.4 Å². The highest BCUT2D eigenvalue weighted by Gasteiger charge is 2.31. The lowest BCUT2D eigenvalue weighted by molar-refractivity contribution is 0.0366. The molecule has 0 amide bonds. The van der Waals surface area contributed by atoms with E-state index in [-0.39, 0.29) is 11.8 Å². The van der Waals surface area contributed by atoms with Crippen molar-refractivity contribution in [2.24, 2.45) is 10.7 Å². The molecule has 1 aromatic rings. The molecule has 1 saturated carbocycles. The Bertz CT molecular complexity index is 793. The van der Waals surface area contributed by atoms with Crippen LogP contribution >= 0.6 is 0 Å². The van der Waals surface area contributed by atoms with Gasteiger partial charge in [0.2, 0.25) is 10.0 Å². The van der Waals surface area contributed by atoms with Gasteiger partial charge in [-0.3, -0.25) is 14.9 Å². The summed E-state index contributed by atoms with van der Waals surface area (Å²) in [4.78, 5) is 10.6. The number of nitrogens with two attached hydrogens (primary N) is 1. The summed E-state index contributed by atoms with van der Waals surface area (Å²) >= 11 is 0. The molecule has 2 aliphatic rings. The van der Waals surface area contributed by atoms with Crippen molar-refractivity contribution in [1.29, 1.82) is 0 Å². The number of unbranched alkanes of at least 4 members (excludes halogenated alkanes) is 1. The molecule has 2 fully saturated rings. The standard InChI is InChI=1S/C22H38N6O3S/c23-22(26-20-8-11-24-12-9-20)25-10-3-4-19-32(29,30)28(21-6-1-2-7-21)14-5-13-27-15-17-31-18-16-27/h8-9,11-12,21H,1-7,10,13-19H2,(H3,23,24,25,26). The summed E-state index contributed by atoms with van der Waals surface area (Å²) < 4.78 is 33.5. The third-order valence-corrected chi connectivity index (χ3v) is 8.09. The van der Waals surface area contributed by atoms with Gasteiger partial charge in [0, 0.05) is 50.3 Å². The fraction of sp³-hybridized carbons (Fsp3) is 0.727. The second-order valence-corrected chi connectivity index (χ2v) is 10.5. The maximum Gasteiger partial charge on any atom is 0.214 e. The number of guanidine groups is 1. The number of hydrogen-bond acceptors (Lipinski definition) is 6. The number of aromatic nitrogens is 1. The Balaban J connectivity index is 1.42. The Morgan fingerprint density at radius 2 is 1.91 bits per heavy atom. The second kappa shape index (κ2) is 13.1. The molecule has 0 bridgehead atoms. The van der Waals surface area contributed by atoms with Gasteiger partial charge in [-0.2, -0.15) is 4.31 Å². The van der Waals surface area contributed by atoms with Crippen molar-refractivity contribution >= 4 is 21.7 Å². The van der Waals surface area contributed by atoms with E-state index in [2.05, 4.69) is 20.2 Å². The summed E-state index contributed by atoms with van der Waals surface area (Å²) in [6.45, 7) is 5.48. The molecule has 0 atom stereocenters. The van der Waals surface area contributed by atoms with Crippen molar-refractivity contribution < 1.29 is 13.2 Å². The third kappa shape index (κ3) is 8.31. The largest absolute Gasteiger partial charge is 0.379 e. The summed E-state index contributed by atoms with van der Waals surface area (Å²) in [6, 6.07) is 3.79. The molecule has 10 heteroatoms. The van der Waals surface area contributed by atoms with Gasteiger partial charge in [0.1, 0.15) is 0 Å². The Morgan fingerprint density at radius 3 is 2.62 bits per heavy atom. The number of sulfonamides is 1. The van der Waals surface area contributed by atoms with E-state index in [1.807, 2.05) is 16.4 Å². The smallest absolute Gasteiger partial charge is 0.214 e. The van der Waals surface area contributed by atoms with Crippen LogP contribution in [0.4, 0.5) is 5.69 Å². The van der Waals surface area contributed by atoms with Gasteiger partial charge in [0.05, 0.1) is 19.0 Å². The average Bonchev–Trinajstić information content (AvgIpc) is 3.32. The number of hydrogen-bond donors (Lipinski definition) is 2. The molecule has 0 unspecified atom stereocenters. The average molecular weight is 467 g/mol. The number of pyridine rings is 1. The molecule has 3 rings (SSSR count). The first kappa shape index (κ1) is 24.9. The SMILES string of the molecule is NC(=NCCCCS(=O)(=O)N(CCCN1CCOCC1)C1CCCC1)Nc1ccncc1. The minimum atomic E-state index is -3.27. The van der Waals surface area contributed by atoms with Crippen LogP contribution in [0, 0.1) is 0 Å². The Morgan fingerprint density at radius 1 is 1.19 bits per heavy atom. The van der Waals surface area contributed by atoms with Crippen molar-refractivity contribution in [3.8, 4) is 0 Å². The number of nitrogens with one attached hydrogen (secondary N) is 1. The molecule has 9 nitrogen and oxygen atoms in total. The molecule has 3 N–H and O–H groups in total. The summed E-state index contributed by atoms with van der Waals surface area (Å²) in [7, 11) is -3.27. The Hall–Kier alpha value is -1.75. The van der Waals surface area contributed by atoms with Gasteiger partial charge < -0.3 is 15.8 Å². The van der Waals surface area contributed by atoms with E-state index in [9.17, 15) is 8.42 Å². The molecular formula is C22H38N6O3S. The minimum absolute atomic E-state index is 0.169. The fourth-order valence-corrected chi connectivity index (χ4v) is 6.23. The molecule has 2 heterocycles. The van der Waals surface area contributed by atoms with Gasteiger partial charge in [0.25, 0.3) is 0 Å². The first-order valence-electron chi connectivity index (χ1n) is 11.8. The summed E-state index contributed by atoms with van der Waals surface area (Å²) in [5, 5.41) is 3.00. The van der Waals surface area contributed by atoms with Gasteiger partial charge in [-0.25, -0.2) is 8.42 Å². The van der Waals surface area contributed by atoms with Crippen LogP contribution in [0.15, 0.2) is 29.5 Å². The van der Waals surface area contributed by atoms with E-state index in [0.29, 0.717) is 31.9 Å². The number of rotatable bonds is 12. The van der Waals surface area contributed by atoms with Crippen molar-refractivity contribution in [3.63, 3.8) is 0 Å². The molecule has 1 aliphatic heterocycles. The third-order valence-electron chi connectivity index (χ3n) is 6.09. The van der Waals surface area contributed by atoms with Crippen molar-refractivity contribution in [2.45, 2.75) is 51.0 Å². The number of ether oxygens (including phenoxy) is 1. The first-order chi connectivity index (χ1) is 15.5. The maximum absolute atomic E-state index is 13.2. The first-order valence-corrected chi connectivity index (χ1v) is 13.4. The van der Waals surface area contributed by atoms with Gasteiger partial charge in [-0.05, 0) is 50.8 Å². The molecule has 0 spiro atoms. The van der Waals surface area contributed by atoms with Crippen molar-refractivity contribution in [1.82, 2.24) is 14.2 Å². The molecule has 1 aliphatic carbocycles. The molecule has 1 aromatic heterocycles. The molecule has 1 saturated heterocycles. The van der Waals surface area contributed by atoms with Crippen LogP contribution in [0.2, 0.25) is 0 Å². The Kier molecular flexibility index (Phi) is 10.2. The Labute approximate surface area is 192 Å². The van der Waals surface area contributed by atoms with E-state index < -0.39 is 10.0 Å². The molecule has 32 heavy (non-hydrogen) atoms. The maximum atomic E-state index is 13.2. The van der Waals surface area contributed by atoms with Gasteiger partial charge >= 0.3 is 0 Å². The predicted octanol–water partition coefficient (Wildman–Crippen LogP) is 1.89. The number of aliphatic imine (C=N–C) groups is 1. The zero-order valence-corrected chi connectivity index (χ0v) is 19.8. The normalized spacial score (nSPS) is 19.0. The van der Waals surface area contributed by atoms with Crippen LogP contribution in [0.25, 0.3) is 0 Å². The van der Waals surface area contributed by atoms with Crippen LogP contribution < -0.4 is 11.1 Å².